The highest BCUT2D eigenvalue weighted by Crippen LogP contribution is 2.39. The molecule has 236 valence electrons. The number of benzene rings is 2. The number of aromatic hydroxyl groups is 1. The first kappa shape index (κ1) is 31.0. The number of nitrogens with zero attached hydrogens (tertiary/aromatic N) is 4. The fourth-order valence-corrected chi connectivity index (χ4v) is 4.96. The summed E-state index contributed by atoms with van der Waals surface area (Å²) >= 11 is 0. The number of phenols is 1. The quantitative estimate of drug-likeness (QED) is 0.149. The number of hydrogen-bond acceptors (Lipinski definition) is 11. The van der Waals surface area contributed by atoms with Gasteiger partial charge in [-0.05, 0) is 43.3 Å². The number of rotatable bonds is 10. The number of ether oxygens (including phenoxy) is 3. The van der Waals surface area contributed by atoms with Crippen LogP contribution in [-0.4, -0.2) is 84.4 Å². The summed E-state index contributed by atoms with van der Waals surface area (Å²) in [7, 11) is 1.81. The lowest BCUT2D eigenvalue weighted by molar-refractivity contribution is -0.145. The van der Waals surface area contributed by atoms with Crippen LogP contribution in [0.15, 0.2) is 47.6 Å². The third-order valence-corrected chi connectivity index (χ3v) is 7.18. The molecular formula is C30H31F2N7O6. The van der Waals surface area contributed by atoms with E-state index in [1.54, 1.807) is 31.0 Å². The van der Waals surface area contributed by atoms with E-state index in [9.17, 15) is 14.7 Å². The molecule has 1 fully saturated rings. The number of nitrogens with two attached hydrogens (primary N) is 1. The fraction of sp³-hybridized carbons (Fsp3) is 0.300. The number of nitrogen functional groups attached to an aromatic ring is 1. The molecule has 2 aliphatic heterocycles. The molecule has 2 aromatic carbocycles. The molecule has 13 nitrogen and oxygen atoms in total. The Morgan fingerprint density at radius 2 is 1.98 bits per heavy atom. The molecule has 0 aliphatic carbocycles. The van der Waals surface area contributed by atoms with Gasteiger partial charge in [0, 0.05) is 37.9 Å². The number of phenolic OH excluding ortho intramolecular Hbond substituents is 1. The number of anilines is 1. The molecule has 45 heavy (non-hydrogen) atoms. The van der Waals surface area contributed by atoms with E-state index in [4.69, 9.17) is 25.4 Å². The van der Waals surface area contributed by atoms with Gasteiger partial charge < -0.3 is 40.2 Å². The highest BCUT2D eigenvalue weighted by molar-refractivity contribution is 6.03. The zero-order chi connectivity index (χ0) is 32.2. The molecule has 3 heterocycles. The zero-order valence-electron chi connectivity index (χ0n) is 24.5. The number of amides is 1. The average molecular weight is 624 g/mol. The van der Waals surface area contributed by atoms with Gasteiger partial charge in [-0.1, -0.05) is 0 Å². The van der Waals surface area contributed by atoms with Gasteiger partial charge in [-0.15, -0.1) is 0 Å². The standard InChI is InChI=1S/C30H31F2N7O6/c1-3-43-24(41)14-20-29(42)36-9-11-39(20)17-5-7-22(18(13-17)28-35-8-10-38(28)2)44-26-19(31)15-37-30(25(26)32)45-23-12-16(27(33)34)4-6-21(23)40/h4-7,12-13,15,20,40H,3,8-11,14H2,1-2H3,(H3,33,34)(H,36,42). The largest absolute Gasteiger partial charge is 0.504 e. The summed E-state index contributed by atoms with van der Waals surface area (Å²) in [6, 6.07) is 7.75. The molecule has 1 aromatic heterocycles. The van der Waals surface area contributed by atoms with Crippen LogP contribution in [0.25, 0.3) is 0 Å². The van der Waals surface area contributed by atoms with Crippen LogP contribution in [0.2, 0.25) is 0 Å². The predicted octanol–water partition coefficient (Wildman–Crippen LogP) is 2.88. The number of esters is 1. The third kappa shape index (κ3) is 6.56. The second-order valence-electron chi connectivity index (χ2n) is 10.2. The van der Waals surface area contributed by atoms with Crippen molar-refractivity contribution in [3.63, 3.8) is 0 Å². The number of aliphatic imine (C=N–C) groups is 1. The summed E-state index contributed by atoms with van der Waals surface area (Å²) in [5.41, 5.74) is 6.64. The van der Waals surface area contributed by atoms with E-state index in [0.717, 1.165) is 0 Å². The predicted molar refractivity (Wildman–Crippen MR) is 159 cm³/mol. The minimum atomic E-state index is -1.29. The average Bonchev–Trinajstić information content (AvgIpc) is 3.44. The third-order valence-electron chi connectivity index (χ3n) is 7.18. The van der Waals surface area contributed by atoms with Crippen LogP contribution in [0.5, 0.6) is 28.9 Å². The number of carbonyl (C=O) groups excluding carboxylic acids is 2. The molecule has 0 bridgehead atoms. The van der Waals surface area contributed by atoms with Crippen molar-refractivity contribution in [2.75, 3.05) is 44.7 Å². The minimum absolute atomic E-state index is 0.0472. The lowest BCUT2D eigenvalue weighted by Gasteiger charge is -2.36. The van der Waals surface area contributed by atoms with E-state index in [1.165, 1.54) is 24.3 Å². The van der Waals surface area contributed by atoms with Crippen LogP contribution in [0, 0.1) is 17.0 Å². The molecule has 5 N–H and O–H groups in total. The van der Waals surface area contributed by atoms with Crippen LogP contribution < -0.4 is 25.4 Å². The van der Waals surface area contributed by atoms with Gasteiger partial charge in [0.05, 0.1) is 31.3 Å². The number of aromatic nitrogens is 1. The molecular weight excluding hydrogens is 592 g/mol. The van der Waals surface area contributed by atoms with Crippen molar-refractivity contribution >= 4 is 29.2 Å². The molecule has 0 spiro atoms. The Hall–Kier alpha value is -5.47. The fourth-order valence-electron chi connectivity index (χ4n) is 4.96. The number of pyridine rings is 1. The second-order valence-corrected chi connectivity index (χ2v) is 10.2. The number of nitrogens with one attached hydrogen (secondary N) is 2. The maximum atomic E-state index is 15.7. The summed E-state index contributed by atoms with van der Waals surface area (Å²) in [5.74, 6) is -5.22. The van der Waals surface area contributed by atoms with Crippen molar-refractivity contribution in [3.8, 4) is 28.9 Å². The number of hydrogen-bond donors (Lipinski definition) is 4. The SMILES string of the molecule is CCOC(=O)CC1C(=O)NCCN1c1ccc(Oc2c(F)cnc(Oc3cc(C(=N)N)ccc3O)c2F)c(C2=NCCN2C)c1. The van der Waals surface area contributed by atoms with E-state index >= 15 is 8.78 Å². The first-order valence-electron chi connectivity index (χ1n) is 14.0. The summed E-state index contributed by atoms with van der Waals surface area (Å²) in [6.45, 7) is 3.66. The number of piperazine rings is 1. The van der Waals surface area contributed by atoms with Gasteiger partial charge in [0.1, 0.15) is 23.5 Å². The molecule has 5 rings (SSSR count). The van der Waals surface area contributed by atoms with Crippen molar-refractivity contribution in [1.82, 2.24) is 15.2 Å². The highest BCUT2D eigenvalue weighted by atomic mass is 19.1. The molecule has 1 unspecified atom stereocenters. The molecule has 0 radical (unpaired) electrons. The Morgan fingerprint density at radius 3 is 2.69 bits per heavy atom. The maximum Gasteiger partial charge on any atom is 0.308 e. The number of amidine groups is 2. The molecule has 1 atom stereocenters. The van der Waals surface area contributed by atoms with Crippen molar-refractivity contribution in [1.29, 1.82) is 5.41 Å². The Bertz CT molecular complexity index is 1680. The molecule has 3 aromatic rings. The van der Waals surface area contributed by atoms with Gasteiger partial charge in [0.15, 0.2) is 17.3 Å². The Balaban J connectivity index is 1.51. The maximum absolute atomic E-state index is 15.7. The summed E-state index contributed by atoms with van der Waals surface area (Å²) in [4.78, 5) is 36.9. The van der Waals surface area contributed by atoms with Gasteiger partial charge in [0.25, 0.3) is 5.88 Å². The first-order valence-corrected chi connectivity index (χ1v) is 14.0. The normalized spacial score (nSPS) is 16.2. The minimum Gasteiger partial charge on any atom is -0.504 e. The van der Waals surface area contributed by atoms with Crippen molar-refractivity contribution < 1.29 is 37.7 Å². The molecule has 0 saturated carbocycles. The van der Waals surface area contributed by atoms with E-state index < -0.39 is 35.3 Å². The topological polar surface area (TPSA) is 176 Å². The summed E-state index contributed by atoms with van der Waals surface area (Å²) in [5, 5.41) is 20.5. The van der Waals surface area contributed by atoms with Crippen LogP contribution in [0.4, 0.5) is 14.5 Å². The monoisotopic (exact) mass is 623 g/mol. The van der Waals surface area contributed by atoms with E-state index in [0.29, 0.717) is 49.5 Å². The second kappa shape index (κ2) is 13.0. The van der Waals surface area contributed by atoms with Crippen LogP contribution in [0.3, 0.4) is 0 Å². The van der Waals surface area contributed by atoms with Gasteiger partial charge in [-0.3, -0.25) is 20.0 Å². The lowest BCUT2D eigenvalue weighted by atomic mass is 10.1. The van der Waals surface area contributed by atoms with Gasteiger partial charge >= 0.3 is 5.97 Å². The van der Waals surface area contributed by atoms with Crippen LogP contribution in [-0.2, 0) is 14.3 Å². The summed E-state index contributed by atoms with van der Waals surface area (Å²) < 4.78 is 47.0. The van der Waals surface area contributed by atoms with Crippen LogP contribution in [0.1, 0.15) is 24.5 Å². The number of halogens is 2. The van der Waals surface area contributed by atoms with Crippen LogP contribution >= 0.6 is 0 Å². The highest BCUT2D eigenvalue weighted by Gasteiger charge is 2.33. The number of carbonyl (C=O) groups is 2. The van der Waals surface area contributed by atoms with Gasteiger partial charge in [0.2, 0.25) is 17.5 Å². The number of likely N-dealkylation sites (N-methyl/N-ethyl adjacent to an activating group) is 1. The van der Waals surface area contributed by atoms with Crippen molar-refractivity contribution in [2.24, 2.45) is 10.7 Å². The lowest BCUT2D eigenvalue weighted by Crippen LogP contribution is -2.56. The van der Waals surface area contributed by atoms with Crippen molar-refractivity contribution in [2.45, 2.75) is 19.4 Å². The summed E-state index contributed by atoms with van der Waals surface area (Å²) in [6.07, 6.45) is 0.536. The van der Waals surface area contributed by atoms with Gasteiger partial charge in [-0.2, -0.15) is 4.39 Å². The van der Waals surface area contributed by atoms with Crippen molar-refractivity contribution in [3.05, 3.63) is 65.4 Å². The molecule has 15 heteroatoms. The van der Waals surface area contributed by atoms with E-state index in [1.807, 2.05) is 4.90 Å². The van der Waals surface area contributed by atoms with E-state index in [2.05, 4.69) is 15.3 Å². The Kier molecular flexibility index (Phi) is 8.97. The smallest absolute Gasteiger partial charge is 0.308 e. The van der Waals surface area contributed by atoms with E-state index in [-0.39, 0.29) is 47.6 Å². The Labute approximate surface area is 256 Å². The molecule has 2 aliphatic rings. The first-order chi connectivity index (χ1) is 21.6. The molecule has 1 amide bonds. The van der Waals surface area contributed by atoms with Gasteiger partial charge in [-0.25, -0.2) is 9.37 Å². The zero-order valence-corrected chi connectivity index (χ0v) is 24.5. The molecule has 1 saturated heterocycles. The Morgan fingerprint density at radius 1 is 1.18 bits per heavy atom.